The average Bonchev–Trinajstić information content (AvgIpc) is 3.37. The second-order valence-corrected chi connectivity index (χ2v) is 16.5. The summed E-state index contributed by atoms with van der Waals surface area (Å²) < 4.78 is 30.3. The van der Waals surface area contributed by atoms with E-state index < -0.39 is 71.9 Å². The van der Waals surface area contributed by atoms with Crippen LogP contribution < -0.4 is 21.3 Å². The SMILES string of the molecule is C=CCNC(=O)C(=O)[C@H](CCCC)NC(=O)[C@H](I)N(CCC)C(=O)[C@@H](NC(=O)NC1([C@@H]2OCCS2(=O)=O)CCCCC1)C(C)(C)C. The van der Waals surface area contributed by atoms with Crippen LogP contribution in [0.2, 0.25) is 0 Å². The maximum absolute atomic E-state index is 14.1. The number of rotatable bonds is 16. The molecule has 1 saturated heterocycles. The maximum atomic E-state index is 14.1. The van der Waals surface area contributed by atoms with E-state index in [1.807, 2.05) is 36.4 Å². The van der Waals surface area contributed by atoms with Crippen LogP contribution >= 0.6 is 22.6 Å². The zero-order valence-electron chi connectivity index (χ0n) is 27.8. The minimum atomic E-state index is -3.58. The molecule has 15 heteroatoms. The molecule has 262 valence electrons. The smallest absolute Gasteiger partial charge is 0.316 e. The molecule has 0 aromatic rings. The van der Waals surface area contributed by atoms with Crippen molar-refractivity contribution in [1.82, 2.24) is 26.2 Å². The Morgan fingerprint density at radius 3 is 2.24 bits per heavy atom. The van der Waals surface area contributed by atoms with E-state index in [1.54, 1.807) is 20.8 Å². The van der Waals surface area contributed by atoms with Gasteiger partial charge in [0.1, 0.15) is 6.04 Å². The monoisotopic (exact) mass is 781 g/mol. The summed E-state index contributed by atoms with van der Waals surface area (Å²) in [5, 5.41) is 10.8. The Balaban J connectivity index is 2.29. The van der Waals surface area contributed by atoms with Crippen LogP contribution in [0, 0.1) is 5.41 Å². The van der Waals surface area contributed by atoms with Crippen molar-refractivity contribution in [1.29, 1.82) is 0 Å². The molecule has 1 saturated carbocycles. The van der Waals surface area contributed by atoms with E-state index in [1.165, 1.54) is 11.0 Å². The highest BCUT2D eigenvalue weighted by molar-refractivity contribution is 14.1. The van der Waals surface area contributed by atoms with E-state index in [2.05, 4.69) is 27.8 Å². The summed E-state index contributed by atoms with van der Waals surface area (Å²) in [7, 11) is -3.58. The number of amides is 5. The minimum absolute atomic E-state index is 0.0661. The van der Waals surface area contributed by atoms with E-state index in [-0.39, 0.29) is 31.9 Å². The Hall–Kier alpha value is -2.27. The number of sulfone groups is 1. The van der Waals surface area contributed by atoms with Gasteiger partial charge in [-0.25, -0.2) is 13.2 Å². The van der Waals surface area contributed by atoms with Crippen molar-refractivity contribution in [3.8, 4) is 0 Å². The van der Waals surface area contributed by atoms with Crippen molar-refractivity contribution >= 4 is 62.0 Å². The number of Topliss-reactive ketones (excluding diaryl/α,β-unsaturated/α-hetero) is 1. The van der Waals surface area contributed by atoms with Crippen molar-refractivity contribution < 1.29 is 37.1 Å². The van der Waals surface area contributed by atoms with Crippen molar-refractivity contribution in [2.24, 2.45) is 5.41 Å². The van der Waals surface area contributed by atoms with Gasteiger partial charge >= 0.3 is 6.03 Å². The number of urea groups is 1. The molecule has 2 rings (SSSR count). The molecule has 0 radical (unpaired) electrons. The second-order valence-electron chi connectivity index (χ2n) is 13.1. The molecule has 0 unspecified atom stereocenters. The van der Waals surface area contributed by atoms with Crippen LogP contribution in [-0.2, 0) is 33.8 Å². The van der Waals surface area contributed by atoms with Gasteiger partial charge in [-0.1, -0.05) is 72.8 Å². The average molecular weight is 782 g/mol. The van der Waals surface area contributed by atoms with Crippen LogP contribution in [0.4, 0.5) is 4.79 Å². The predicted molar refractivity (Wildman–Crippen MR) is 184 cm³/mol. The third-order valence-electron chi connectivity index (χ3n) is 8.26. The first-order chi connectivity index (χ1) is 21.5. The van der Waals surface area contributed by atoms with Gasteiger partial charge in [-0.2, -0.15) is 0 Å². The number of nitrogens with one attached hydrogen (secondary N) is 4. The van der Waals surface area contributed by atoms with E-state index in [0.717, 1.165) is 25.7 Å². The highest BCUT2D eigenvalue weighted by atomic mass is 127. The first kappa shape index (κ1) is 39.9. The molecule has 13 nitrogen and oxygen atoms in total. The van der Waals surface area contributed by atoms with Crippen LogP contribution in [-0.4, -0.2) is 95.4 Å². The Kier molecular flexibility index (Phi) is 15.4. The fourth-order valence-electron chi connectivity index (χ4n) is 5.84. The van der Waals surface area contributed by atoms with Gasteiger partial charge in [-0.15, -0.1) is 6.58 Å². The number of hydrogen-bond donors (Lipinski definition) is 4. The number of ketones is 1. The zero-order chi connectivity index (χ0) is 34.7. The molecule has 2 aliphatic rings. The number of hydrogen-bond acceptors (Lipinski definition) is 8. The molecule has 0 bridgehead atoms. The lowest BCUT2D eigenvalue weighted by Crippen LogP contribution is -2.65. The van der Waals surface area contributed by atoms with Crippen LogP contribution in [0.1, 0.15) is 92.4 Å². The van der Waals surface area contributed by atoms with E-state index in [9.17, 15) is 32.4 Å². The lowest BCUT2D eigenvalue weighted by Gasteiger charge is -2.42. The molecule has 4 N–H and O–H groups in total. The zero-order valence-corrected chi connectivity index (χ0v) is 30.8. The van der Waals surface area contributed by atoms with Gasteiger partial charge < -0.3 is 30.9 Å². The topological polar surface area (TPSA) is 180 Å². The fourth-order valence-corrected chi connectivity index (χ4v) is 8.40. The van der Waals surface area contributed by atoms with Crippen LogP contribution in [0.25, 0.3) is 0 Å². The van der Waals surface area contributed by atoms with Crippen LogP contribution in [0.5, 0.6) is 0 Å². The minimum Gasteiger partial charge on any atom is -0.359 e. The quantitative estimate of drug-likeness (QED) is 0.0607. The summed E-state index contributed by atoms with van der Waals surface area (Å²) >= 11 is 1.83. The molecular weight excluding hydrogens is 729 g/mol. The van der Waals surface area contributed by atoms with Gasteiger partial charge in [0.05, 0.1) is 23.9 Å². The summed E-state index contributed by atoms with van der Waals surface area (Å²) in [4.78, 5) is 67.8. The third-order valence-corrected chi connectivity index (χ3v) is 11.5. The first-order valence-electron chi connectivity index (χ1n) is 16.1. The number of ether oxygens (including phenoxy) is 1. The van der Waals surface area contributed by atoms with Crippen molar-refractivity contribution in [3.63, 3.8) is 0 Å². The van der Waals surface area contributed by atoms with Crippen molar-refractivity contribution in [3.05, 3.63) is 12.7 Å². The Morgan fingerprint density at radius 2 is 1.72 bits per heavy atom. The number of carbonyl (C=O) groups is 5. The first-order valence-corrected chi connectivity index (χ1v) is 19.1. The molecule has 1 aliphatic heterocycles. The molecule has 46 heavy (non-hydrogen) atoms. The largest absolute Gasteiger partial charge is 0.359 e. The Morgan fingerprint density at radius 1 is 1.07 bits per heavy atom. The Bertz CT molecular complexity index is 1220. The lowest BCUT2D eigenvalue weighted by atomic mass is 9.82. The molecule has 0 aromatic heterocycles. The normalized spacial score (nSPS) is 20.8. The summed E-state index contributed by atoms with van der Waals surface area (Å²) in [5.41, 5.74) is -3.07. The molecule has 1 heterocycles. The molecular formula is C31H52IN5O8S. The number of nitrogens with zero attached hydrogens (tertiary/aromatic N) is 1. The van der Waals surface area contributed by atoms with E-state index in [0.29, 0.717) is 25.7 Å². The molecule has 0 spiro atoms. The second kappa shape index (κ2) is 17.8. The lowest BCUT2D eigenvalue weighted by molar-refractivity contribution is -0.142. The highest BCUT2D eigenvalue weighted by Gasteiger charge is 2.52. The summed E-state index contributed by atoms with van der Waals surface area (Å²) in [6.45, 7) is 13.0. The third kappa shape index (κ3) is 10.6. The summed E-state index contributed by atoms with van der Waals surface area (Å²) in [5.74, 6) is -2.85. The number of halogens is 1. The fraction of sp³-hybridized carbons (Fsp3) is 0.774. The van der Waals surface area contributed by atoms with Crippen LogP contribution in [0.3, 0.4) is 0 Å². The van der Waals surface area contributed by atoms with Gasteiger partial charge in [0, 0.05) is 13.1 Å². The van der Waals surface area contributed by atoms with Gasteiger partial charge in [0.15, 0.2) is 19.3 Å². The summed E-state index contributed by atoms with van der Waals surface area (Å²) in [6, 6.07) is -2.85. The van der Waals surface area contributed by atoms with Gasteiger partial charge in [-0.3, -0.25) is 19.2 Å². The van der Waals surface area contributed by atoms with Crippen molar-refractivity contribution in [2.45, 2.75) is 120 Å². The molecule has 2 fully saturated rings. The maximum Gasteiger partial charge on any atom is 0.316 e. The predicted octanol–water partition coefficient (Wildman–Crippen LogP) is 2.72. The van der Waals surface area contributed by atoms with Gasteiger partial charge in [0.25, 0.3) is 11.8 Å². The van der Waals surface area contributed by atoms with Crippen LogP contribution in [0.15, 0.2) is 12.7 Å². The molecule has 5 amide bonds. The molecule has 1 aliphatic carbocycles. The molecule has 0 aromatic carbocycles. The molecule has 4 atom stereocenters. The van der Waals surface area contributed by atoms with Gasteiger partial charge in [0.2, 0.25) is 11.7 Å². The van der Waals surface area contributed by atoms with E-state index >= 15 is 0 Å². The number of unbranched alkanes of at least 4 members (excludes halogenated alkanes) is 1. The summed E-state index contributed by atoms with van der Waals surface area (Å²) in [6.07, 6.45) is 6.76. The highest BCUT2D eigenvalue weighted by Crippen LogP contribution is 2.37. The van der Waals surface area contributed by atoms with Crippen molar-refractivity contribution in [2.75, 3.05) is 25.4 Å². The Labute approximate surface area is 287 Å². The standard InChI is InChI=1S/C31H52IN5O8S/c1-7-10-14-21(22(38)25(39)33-17-8-2)34-26(40)24(32)37(18-9-3)27(41)23(30(4,5)6)35-29(42)36-31(15-12-11-13-16-31)28-45-19-20-46(28,43)44/h8,21,23-24,28H,2,7,9-20H2,1,3-6H3,(H,33,39)(H,34,40)(H2,35,36,42)/t21-,23+,24+,28+/m0/s1. The van der Waals surface area contributed by atoms with E-state index in [4.69, 9.17) is 4.74 Å². The van der Waals surface area contributed by atoms with Gasteiger partial charge in [-0.05, 0) is 53.7 Å². The number of carbonyl (C=O) groups excluding carboxylic acids is 5. The number of alkyl halides is 1.